The van der Waals surface area contributed by atoms with Crippen LogP contribution in [-0.4, -0.2) is 23.3 Å². The monoisotopic (exact) mass is 318 g/mol. The molecule has 122 valence electrons. The minimum absolute atomic E-state index is 0.0134. The Morgan fingerprint density at radius 2 is 2.04 bits per heavy atom. The van der Waals surface area contributed by atoms with E-state index in [1.54, 1.807) is 13.3 Å². The molecule has 6 nitrogen and oxygen atoms in total. The van der Waals surface area contributed by atoms with Crippen molar-refractivity contribution in [3.05, 3.63) is 41.8 Å². The Morgan fingerprint density at radius 3 is 2.70 bits per heavy atom. The molecule has 0 aliphatic heterocycles. The average molecular weight is 318 g/mol. The highest BCUT2D eigenvalue weighted by molar-refractivity contribution is 5.58. The number of nitrogens with zero attached hydrogens (tertiary/aromatic N) is 3. The number of halogens is 1. The zero-order valence-corrected chi connectivity index (χ0v) is 13.3. The average Bonchev–Trinajstić information content (AvgIpc) is 2.55. The predicted octanol–water partition coefficient (Wildman–Crippen LogP) is 3.26. The minimum atomic E-state index is -0.557. The molecule has 0 saturated heterocycles. The molecule has 1 N–H and O–H groups in total. The van der Waals surface area contributed by atoms with Crippen LogP contribution in [0.15, 0.2) is 35.6 Å². The fraction of sp³-hybridized carbons (Fsp3) is 0.312. The van der Waals surface area contributed by atoms with Gasteiger partial charge in [0.2, 0.25) is 0 Å². The molecule has 0 fully saturated rings. The molecule has 0 radical (unpaired) electrons. The van der Waals surface area contributed by atoms with E-state index in [1.165, 1.54) is 0 Å². The number of anilines is 1. The zero-order chi connectivity index (χ0) is 16.7. The molecule has 7 heteroatoms. The largest absolute Gasteiger partial charge is 0.497 e. The van der Waals surface area contributed by atoms with Gasteiger partial charge in [-0.2, -0.15) is 9.97 Å². The topological polar surface area (TPSA) is 68.6 Å². The van der Waals surface area contributed by atoms with E-state index >= 15 is 0 Å². The van der Waals surface area contributed by atoms with Crippen LogP contribution in [0.5, 0.6) is 11.8 Å². The van der Waals surface area contributed by atoms with E-state index in [0.29, 0.717) is 6.54 Å². The molecule has 0 atom stereocenters. The summed E-state index contributed by atoms with van der Waals surface area (Å²) < 4.78 is 18.8. The molecular weight excluding hydrogens is 299 g/mol. The van der Waals surface area contributed by atoms with Crippen LogP contribution in [0.2, 0.25) is 0 Å². The van der Waals surface area contributed by atoms with Crippen molar-refractivity contribution in [2.45, 2.75) is 20.4 Å². The number of hydrogen-bond acceptors (Lipinski definition) is 6. The summed E-state index contributed by atoms with van der Waals surface area (Å²) in [6.45, 7) is 4.33. The van der Waals surface area contributed by atoms with Gasteiger partial charge in [0, 0.05) is 12.8 Å². The Hall–Kier alpha value is -2.70. The van der Waals surface area contributed by atoms with E-state index in [1.807, 2.05) is 38.1 Å². The predicted molar refractivity (Wildman–Crippen MR) is 86.3 cm³/mol. The summed E-state index contributed by atoms with van der Waals surface area (Å²) in [6, 6.07) is 7.43. The summed E-state index contributed by atoms with van der Waals surface area (Å²) >= 11 is 0. The molecule has 2 aromatic rings. The lowest BCUT2D eigenvalue weighted by atomic mass is 10.2. The Balaban J connectivity index is 2.00. The van der Waals surface area contributed by atoms with E-state index in [0.717, 1.165) is 17.5 Å². The van der Waals surface area contributed by atoms with Crippen molar-refractivity contribution in [2.24, 2.45) is 11.1 Å². The van der Waals surface area contributed by atoms with E-state index in [4.69, 9.17) is 9.57 Å². The van der Waals surface area contributed by atoms with Crippen LogP contribution in [0.4, 0.5) is 10.2 Å². The fourth-order valence-corrected chi connectivity index (χ4v) is 1.65. The van der Waals surface area contributed by atoms with Crippen LogP contribution in [-0.2, 0) is 6.54 Å². The molecule has 0 aliphatic rings. The Kier molecular flexibility index (Phi) is 5.85. The van der Waals surface area contributed by atoms with Gasteiger partial charge in [0.15, 0.2) is 11.6 Å². The third-order valence-electron chi connectivity index (χ3n) is 2.83. The highest BCUT2D eigenvalue weighted by atomic mass is 19.1. The van der Waals surface area contributed by atoms with Crippen molar-refractivity contribution in [1.82, 2.24) is 9.97 Å². The van der Waals surface area contributed by atoms with E-state index in [9.17, 15) is 4.39 Å². The fourth-order valence-electron chi connectivity index (χ4n) is 1.65. The minimum Gasteiger partial charge on any atom is -0.497 e. The summed E-state index contributed by atoms with van der Waals surface area (Å²) in [5, 5.41) is 6.64. The van der Waals surface area contributed by atoms with Crippen LogP contribution >= 0.6 is 0 Å². The summed E-state index contributed by atoms with van der Waals surface area (Å²) in [5.74, 6) is 0.507. The van der Waals surface area contributed by atoms with Gasteiger partial charge in [0.25, 0.3) is 0 Å². The number of nitrogens with one attached hydrogen (secondary N) is 1. The van der Waals surface area contributed by atoms with Gasteiger partial charge < -0.3 is 14.9 Å². The summed E-state index contributed by atoms with van der Waals surface area (Å²) in [7, 11) is 1.60. The highest BCUT2D eigenvalue weighted by Gasteiger charge is 2.08. The molecule has 0 saturated carbocycles. The van der Waals surface area contributed by atoms with Gasteiger partial charge in [0.05, 0.1) is 13.3 Å². The van der Waals surface area contributed by atoms with Gasteiger partial charge in [-0.05, 0) is 23.6 Å². The number of benzene rings is 1. The number of hydrogen-bond donors (Lipinski definition) is 1. The highest BCUT2D eigenvalue weighted by Crippen LogP contribution is 2.16. The number of methoxy groups -OCH3 is 1. The standard InChI is InChI=1S/C16H19FN4O2/c1-11(2)8-20-23-16-19-10-14(17)15(21-16)18-9-12-4-6-13(22-3)7-5-12/h4-8,10-11H,9H2,1-3H3,(H,18,19,21)/b20-8+. The smallest absolute Gasteiger partial charge is 0.347 e. The Morgan fingerprint density at radius 1 is 1.30 bits per heavy atom. The van der Waals surface area contributed by atoms with E-state index < -0.39 is 5.82 Å². The first kappa shape index (κ1) is 16.7. The molecular formula is C16H19FN4O2. The van der Waals surface area contributed by atoms with Crippen molar-refractivity contribution >= 4 is 12.0 Å². The van der Waals surface area contributed by atoms with Crippen LogP contribution < -0.4 is 14.9 Å². The normalized spacial score (nSPS) is 11.0. The maximum Gasteiger partial charge on any atom is 0.347 e. The van der Waals surface area contributed by atoms with Crippen LogP contribution in [0.1, 0.15) is 19.4 Å². The molecule has 0 spiro atoms. The number of rotatable bonds is 7. The van der Waals surface area contributed by atoms with Crippen LogP contribution in [0, 0.1) is 11.7 Å². The molecule has 1 heterocycles. The van der Waals surface area contributed by atoms with Gasteiger partial charge >= 0.3 is 6.01 Å². The molecule has 1 aromatic heterocycles. The summed E-state index contributed by atoms with van der Waals surface area (Å²) in [4.78, 5) is 12.7. The van der Waals surface area contributed by atoms with Gasteiger partial charge in [-0.15, -0.1) is 0 Å². The Bertz CT molecular complexity index is 660. The number of aromatic nitrogens is 2. The maximum atomic E-state index is 13.7. The lowest BCUT2D eigenvalue weighted by Gasteiger charge is -2.08. The van der Waals surface area contributed by atoms with Gasteiger partial charge in [-0.25, -0.2) is 4.39 Å². The third kappa shape index (κ3) is 5.21. The van der Waals surface area contributed by atoms with Gasteiger partial charge in [0.1, 0.15) is 5.75 Å². The summed E-state index contributed by atoms with van der Waals surface area (Å²) in [6.07, 6.45) is 2.65. The first-order valence-electron chi connectivity index (χ1n) is 7.18. The summed E-state index contributed by atoms with van der Waals surface area (Å²) in [5.41, 5.74) is 0.962. The van der Waals surface area contributed by atoms with E-state index in [-0.39, 0.29) is 17.7 Å². The number of oxime groups is 1. The van der Waals surface area contributed by atoms with E-state index in [2.05, 4.69) is 20.4 Å². The molecule has 23 heavy (non-hydrogen) atoms. The van der Waals surface area contributed by atoms with Crippen molar-refractivity contribution in [3.8, 4) is 11.8 Å². The second-order valence-electron chi connectivity index (χ2n) is 5.14. The SMILES string of the molecule is COc1ccc(CNc2nc(O/N=C/C(C)C)ncc2F)cc1. The number of ether oxygens (including phenoxy) is 1. The first-order valence-corrected chi connectivity index (χ1v) is 7.18. The van der Waals surface area contributed by atoms with Gasteiger partial charge in [-0.3, -0.25) is 0 Å². The van der Waals surface area contributed by atoms with Crippen molar-refractivity contribution in [1.29, 1.82) is 0 Å². The van der Waals surface area contributed by atoms with Crippen molar-refractivity contribution in [2.75, 3.05) is 12.4 Å². The Labute approximate surface area is 134 Å². The molecule has 0 amide bonds. The first-order chi connectivity index (χ1) is 11.1. The molecule has 0 unspecified atom stereocenters. The second-order valence-corrected chi connectivity index (χ2v) is 5.14. The van der Waals surface area contributed by atoms with Crippen molar-refractivity contribution < 1.29 is 14.0 Å². The second kappa shape index (κ2) is 8.07. The molecule has 0 aliphatic carbocycles. The molecule has 1 aromatic carbocycles. The van der Waals surface area contributed by atoms with Gasteiger partial charge in [-0.1, -0.05) is 31.1 Å². The lowest BCUT2D eigenvalue weighted by Crippen LogP contribution is -2.05. The van der Waals surface area contributed by atoms with Crippen LogP contribution in [0.3, 0.4) is 0 Å². The lowest BCUT2D eigenvalue weighted by molar-refractivity contribution is 0.311. The maximum absolute atomic E-state index is 13.7. The molecule has 2 rings (SSSR count). The van der Waals surface area contributed by atoms with Crippen LogP contribution in [0.25, 0.3) is 0 Å². The quantitative estimate of drug-likeness (QED) is 0.627. The third-order valence-corrected chi connectivity index (χ3v) is 2.83. The van der Waals surface area contributed by atoms with Crippen molar-refractivity contribution in [3.63, 3.8) is 0 Å². The molecule has 0 bridgehead atoms. The zero-order valence-electron chi connectivity index (χ0n) is 13.3.